The summed E-state index contributed by atoms with van der Waals surface area (Å²) in [7, 11) is 5.87. The van der Waals surface area contributed by atoms with Crippen molar-refractivity contribution in [2.24, 2.45) is 7.05 Å². The lowest BCUT2D eigenvalue weighted by molar-refractivity contribution is 0.0976. The minimum Gasteiger partial charge on any atom is -0.309 e. The Morgan fingerprint density at radius 2 is 2.08 bits per heavy atom. The third-order valence-corrected chi connectivity index (χ3v) is 5.66. The van der Waals surface area contributed by atoms with Gasteiger partial charge in [-0.1, -0.05) is 27.3 Å². The van der Waals surface area contributed by atoms with Gasteiger partial charge in [0.2, 0.25) is 0 Å². The fraction of sp³-hybridized carbons (Fsp3) is 0.389. The first kappa shape index (κ1) is 19.0. The minimum atomic E-state index is -0.0561. The highest BCUT2D eigenvalue weighted by atomic mass is 79.9. The van der Waals surface area contributed by atoms with Crippen molar-refractivity contribution < 1.29 is 4.79 Å². The molecule has 0 aliphatic heterocycles. The van der Waals surface area contributed by atoms with Gasteiger partial charge in [-0.15, -0.1) is 0 Å². The molecule has 3 rings (SSSR count). The number of aryl methyl sites for hydroxylation is 2. The van der Waals surface area contributed by atoms with Gasteiger partial charge in [-0.2, -0.15) is 5.10 Å². The Bertz CT molecular complexity index is 913. The zero-order valence-corrected chi connectivity index (χ0v) is 17.8. The first-order valence-corrected chi connectivity index (χ1v) is 9.99. The maximum absolute atomic E-state index is 13.3. The second-order valence-electron chi connectivity index (χ2n) is 6.52. The highest BCUT2D eigenvalue weighted by Crippen LogP contribution is 2.32. The number of hydrogen-bond donors (Lipinski definition) is 0. The summed E-state index contributed by atoms with van der Waals surface area (Å²) in [5.74, 6) is -0.0561. The number of amides is 1. The molecular weight excluding hydrogens is 414 g/mol. The van der Waals surface area contributed by atoms with Crippen molar-refractivity contribution in [2.75, 3.05) is 32.1 Å². The highest BCUT2D eigenvalue weighted by Gasteiger charge is 2.25. The molecule has 26 heavy (non-hydrogen) atoms. The number of thiazole rings is 1. The van der Waals surface area contributed by atoms with Crippen LogP contribution in [0.2, 0.25) is 0 Å². The van der Waals surface area contributed by atoms with Gasteiger partial charge >= 0.3 is 0 Å². The fourth-order valence-corrected chi connectivity index (χ4v) is 4.35. The van der Waals surface area contributed by atoms with Crippen LogP contribution in [0.15, 0.2) is 28.9 Å². The van der Waals surface area contributed by atoms with E-state index in [-0.39, 0.29) is 5.91 Å². The van der Waals surface area contributed by atoms with Crippen LogP contribution in [0, 0.1) is 6.92 Å². The molecule has 1 aromatic carbocycles. The fourth-order valence-electron chi connectivity index (χ4n) is 2.81. The van der Waals surface area contributed by atoms with Gasteiger partial charge in [0.15, 0.2) is 5.13 Å². The summed E-state index contributed by atoms with van der Waals surface area (Å²) in [6.45, 7) is 3.43. The van der Waals surface area contributed by atoms with Gasteiger partial charge in [-0.3, -0.25) is 14.4 Å². The standard InChI is InChI=1S/C18H22BrN5OS/c1-12-11-20-23(4)16(12)17(25)24(9-5-8-22(2)3)18-21-14-7-6-13(19)10-15(14)26-18/h6-7,10-11H,5,8-9H2,1-4H3. The molecule has 2 aromatic heterocycles. The zero-order chi connectivity index (χ0) is 18.8. The lowest BCUT2D eigenvalue weighted by Gasteiger charge is -2.21. The van der Waals surface area contributed by atoms with Crippen LogP contribution in [0.3, 0.4) is 0 Å². The zero-order valence-electron chi connectivity index (χ0n) is 15.4. The molecule has 0 aliphatic rings. The first-order chi connectivity index (χ1) is 12.4. The lowest BCUT2D eigenvalue weighted by Crippen LogP contribution is -2.35. The summed E-state index contributed by atoms with van der Waals surface area (Å²) in [5, 5.41) is 4.94. The van der Waals surface area contributed by atoms with Crippen LogP contribution in [-0.2, 0) is 7.05 Å². The number of carbonyl (C=O) groups is 1. The summed E-state index contributed by atoms with van der Waals surface area (Å²) in [5.41, 5.74) is 2.38. The topological polar surface area (TPSA) is 54.3 Å². The molecule has 0 fully saturated rings. The Morgan fingerprint density at radius 1 is 1.31 bits per heavy atom. The van der Waals surface area contributed by atoms with Crippen molar-refractivity contribution >= 4 is 48.5 Å². The molecule has 1 amide bonds. The van der Waals surface area contributed by atoms with Crippen molar-refractivity contribution in [2.45, 2.75) is 13.3 Å². The molecule has 0 saturated carbocycles. The number of hydrogen-bond acceptors (Lipinski definition) is 5. The van der Waals surface area contributed by atoms with E-state index in [9.17, 15) is 4.79 Å². The molecule has 0 saturated heterocycles. The number of rotatable bonds is 6. The van der Waals surface area contributed by atoms with Gasteiger partial charge in [-0.25, -0.2) is 4.98 Å². The Kier molecular flexibility index (Phi) is 5.74. The summed E-state index contributed by atoms with van der Waals surface area (Å²) < 4.78 is 3.70. The van der Waals surface area contributed by atoms with Crippen molar-refractivity contribution in [1.29, 1.82) is 0 Å². The molecule has 6 nitrogen and oxygen atoms in total. The number of benzene rings is 1. The van der Waals surface area contributed by atoms with Gasteiger partial charge in [0.25, 0.3) is 5.91 Å². The molecule has 0 N–H and O–H groups in total. The van der Waals surface area contributed by atoms with Crippen molar-refractivity contribution in [3.63, 3.8) is 0 Å². The second-order valence-corrected chi connectivity index (χ2v) is 8.45. The molecule has 0 atom stereocenters. The van der Waals surface area contributed by atoms with E-state index in [0.717, 1.165) is 38.3 Å². The van der Waals surface area contributed by atoms with Gasteiger partial charge in [0.05, 0.1) is 16.4 Å². The monoisotopic (exact) mass is 435 g/mol. The molecule has 0 bridgehead atoms. The van der Waals surface area contributed by atoms with Crippen LogP contribution in [0.25, 0.3) is 10.2 Å². The number of halogens is 1. The molecule has 138 valence electrons. The van der Waals surface area contributed by atoms with Crippen molar-refractivity contribution in [1.82, 2.24) is 19.7 Å². The Balaban J connectivity index is 1.97. The van der Waals surface area contributed by atoms with Crippen molar-refractivity contribution in [3.05, 3.63) is 40.1 Å². The number of carbonyl (C=O) groups excluding carboxylic acids is 1. The second kappa shape index (κ2) is 7.85. The molecule has 2 heterocycles. The minimum absolute atomic E-state index is 0.0561. The number of nitrogens with zero attached hydrogens (tertiary/aromatic N) is 5. The molecule has 0 unspecified atom stereocenters. The van der Waals surface area contributed by atoms with Crippen molar-refractivity contribution in [3.8, 4) is 0 Å². The molecule has 0 aliphatic carbocycles. The van der Waals surface area contributed by atoms with E-state index in [1.54, 1.807) is 22.8 Å². The van der Waals surface area contributed by atoms with E-state index in [2.05, 4.69) is 25.9 Å². The maximum Gasteiger partial charge on any atom is 0.278 e. The largest absolute Gasteiger partial charge is 0.309 e. The third-order valence-electron chi connectivity index (χ3n) is 4.13. The van der Waals surface area contributed by atoms with E-state index in [1.807, 2.05) is 39.2 Å². The average molecular weight is 436 g/mol. The number of fused-ring (bicyclic) bond motifs is 1. The van der Waals surface area contributed by atoms with E-state index in [0.29, 0.717) is 12.2 Å². The van der Waals surface area contributed by atoms with Crippen LogP contribution in [0.4, 0.5) is 5.13 Å². The number of aromatic nitrogens is 3. The quantitative estimate of drug-likeness (QED) is 0.592. The molecular formula is C18H22BrN5OS. The highest BCUT2D eigenvalue weighted by molar-refractivity contribution is 9.10. The molecule has 0 spiro atoms. The Morgan fingerprint density at radius 3 is 2.73 bits per heavy atom. The van der Waals surface area contributed by atoms with Crippen LogP contribution < -0.4 is 4.90 Å². The number of anilines is 1. The summed E-state index contributed by atoms with van der Waals surface area (Å²) in [6.07, 6.45) is 2.59. The van der Waals surface area contributed by atoms with Gasteiger partial charge < -0.3 is 4.90 Å². The SMILES string of the molecule is Cc1cnn(C)c1C(=O)N(CCCN(C)C)c1nc2ccc(Br)cc2s1. The molecule has 8 heteroatoms. The molecule has 3 aromatic rings. The van der Waals surface area contributed by atoms with E-state index < -0.39 is 0 Å². The smallest absolute Gasteiger partial charge is 0.278 e. The predicted molar refractivity (Wildman–Crippen MR) is 110 cm³/mol. The van der Waals surface area contributed by atoms with Crippen LogP contribution >= 0.6 is 27.3 Å². The third kappa shape index (κ3) is 3.97. The normalized spacial score (nSPS) is 11.5. The average Bonchev–Trinajstić information content (AvgIpc) is 3.13. The van der Waals surface area contributed by atoms with Crippen LogP contribution in [-0.4, -0.2) is 52.8 Å². The summed E-state index contributed by atoms with van der Waals surface area (Å²) in [4.78, 5) is 21.9. The van der Waals surface area contributed by atoms with Crippen LogP contribution in [0.1, 0.15) is 22.5 Å². The first-order valence-electron chi connectivity index (χ1n) is 8.38. The molecule has 0 radical (unpaired) electrons. The predicted octanol–water partition coefficient (Wildman–Crippen LogP) is 3.70. The Hall–Kier alpha value is -1.77. The van der Waals surface area contributed by atoms with E-state index >= 15 is 0 Å². The Labute approximate surface area is 165 Å². The summed E-state index contributed by atoms with van der Waals surface area (Å²) >= 11 is 5.03. The van der Waals surface area contributed by atoms with Crippen LogP contribution in [0.5, 0.6) is 0 Å². The van der Waals surface area contributed by atoms with Gasteiger partial charge in [-0.05, 0) is 57.7 Å². The maximum atomic E-state index is 13.3. The van der Waals surface area contributed by atoms with E-state index in [1.165, 1.54) is 11.3 Å². The van der Waals surface area contributed by atoms with Gasteiger partial charge in [0, 0.05) is 18.1 Å². The lowest BCUT2D eigenvalue weighted by atomic mass is 10.2. The van der Waals surface area contributed by atoms with E-state index in [4.69, 9.17) is 4.98 Å². The van der Waals surface area contributed by atoms with Gasteiger partial charge in [0.1, 0.15) is 5.69 Å². The summed E-state index contributed by atoms with van der Waals surface area (Å²) in [6, 6.07) is 5.97.